The third-order valence-electron chi connectivity index (χ3n) is 5.09. The van der Waals surface area contributed by atoms with Gasteiger partial charge < -0.3 is 4.74 Å². The van der Waals surface area contributed by atoms with E-state index in [-0.39, 0.29) is 6.10 Å². The van der Waals surface area contributed by atoms with E-state index >= 15 is 0 Å². The summed E-state index contributed by atoms with van der Waals surface area (Å²) in [5, 5.41) is 16.5. The maximum Gasteiger partial charge on any atom is 0.246 e. The third-order valence-corrected chi connectivity index (χ3v) is 7.25. The summed E-state index contributed by atoms with van der Waals surface area (Å²) in [6.45, 7) is 4.27. The number of hydrogen-bond acceptors (Lipinski definition) is 7. The summed E-state index contributed by atoms with van der Waals surface area (Å²) >= 11 is 0. The number of sulfonamides is 1. The first-order chi connectivity index (χ1) is 13.9. The van der Waals surface area contributed by atoms with Gasteiger partial charge in [-0.15, -0.1) is 10.2 Å². The molecule has 1 saturated heterocycles. The lowest BCUT2D eigenvalue weighted by Gasteiger charge is -2.31. The molecule has 10 nitrogen and oxygen atoms in total. The van der Waals surface area contributed by atoms with E-state index in [1.807, 2.05) is 6.07 Å². The highest BCUT2D eigenvalue weighted by Gasteiger charge is 2.34. The van der Waals surface area contributed by atoms with Gasteiger partial charge in [0.2, 0.25) is 15.9 Å². The van der Waals surface area contributed by atoms with E-state index in [9.17, 15) is 8.42 Å². The molecule has 0 radical (unpaired) electrons. The second-order valence-corrected chi connectivity index (χ2v) is 8.90. The first-order valence-electron chi connectivity index (χ1n) is 9.37. The zero-order chi connectivity index (χ0) is 20.6. The molecule has 0 unspecified atom stereocenters. The second-order valence-electron chi connectivity index (χ2n) is 7.03. The Bertz CT molecular complexity index is 1080. The molecule has 3 aromatic heterocycles. The second kappa shape index (κ2) is 7.56. The van der Waals surface area contributed by atoms with E-state index in [1.165, 1.54) is 4.31 Å². The van der Waals surface area contributed by atoms with Crippen LogP contribution in [0.15, 0.2) is 35.5 Å². The summed E-state index contributed by atoms with van der Waals surface area (Å²) < 4.78 is 36.7. The molecule has 3 aromatic rings. The molecule has 0 aliphatic carbocycles. The van der Waals surface area contributed by atoms with Gasteiger partial charge in [0.25, 0.3) is 0 Å². The van der Waals surface area contributed by atoms with Crippen LogP contribution in [0.2, 0.25) is 0 Å². The fourth-order valence-corrected chi connectivity index (χ4v) is 5.39. The number of aromatic nitrogens is 6. The van der Waals surface area contributed by atoms with Gasteiger partial charge in [0, 0.05) is 38.6 Å². The molecule has 0 amide bonds. The van der Waals surface area contributed by atoms with Gasteiger partial charge in [-0.3, -0.25) is 4.68 Å². The summed E-state index contributed by atoms with van der Waals surface area (Å²) in [6.07, 6.45) is 4.51. The van der Waals surface area contributed by atoms with E-state index in [2.05, 4.69) is 20.4 Å². The quantitative estimate of drug-likeness (QED) is 0.615. The Morgan fingerprint density at radius 3 is 2.45 bits per heavy atom. The van der Waals surface area contributed by atoms with Crippen LogP contribution < -0.4 is 4.74 Å². The zero-order valence-electron chi connectivity index (χ0n) is 16.6. The van der Waals surface area contributed by atoms with Crippen molar-refractivity contribution in [2.24, 2.45) is 7.05 Å². The smallest absolute Gasteiger partial charge is 0.246 e. The van der Waals surface area contributed by atoms with Crippen molar-refractivity contribution in [2.75, 3.05) is 13.1 Å². The molecule has 29 heavy (non-hydrogen) atoms. The summed E-state index contributed by atoms with van der Waals surface area (Å²) in [5.41, 5.74) is 1.17. The van der Waals surface area contributed by atoms with Crippen molar-refractivity contribution in [3.05, 3.63) is 42.0 Å². The number of piperidine rings is 1. The minimum absolute atomic E-state index is 0.109. The van der Waals surface area contributed by atoms with Crippen molar-refractivity contribution < 1.29 is 13.2 Å². The van der Waals surface area contributed by atoms with Crippen LogP contribution in [0, 0.1) is 13.8 Å². The van der Waals surface area contributed by atoms with Crippen LogP contribution in [-0.2, 0) is 17.1 Å². The van der Waals surface area contributed by atoms with Crippen molar-refractivity contribution >= 4 is 10.0 Å². The largest absolute Gasteiger partial charge is 0.473 e. The number of aryl methyl sites for hydroxylation is 2. The molecule has 0 saturated carbocycles. The van der Waals surface area contributed by atoms with E-state index < -0.39 is 10.0 Å². The molecule has 0 aromatic carbocycles. The Hall–Kier alpha value is -2.79. The Kier molecular flexibility index (Phi) is 5.09. The van der Waals surface area contributed by atoms with Crippen molar-refractivity contribution in [3.8, 4) is 11.7 Å². The van der Waals surface area contributed by atoms with Crippen LogP contribution >= 0.6 is 0 Å². The van der Waals surface area contributed by atoms with Crippen LogP contribution in [0.4, 0.5) is 0 Å². The predicted octanol–water partition coefficient (Wildman–Crippen LogP) is 1.24. The van der Waals surface area contributed by atoms with Gasteiger partial charge in [-0.25, -0.2) is 13.1 Å². The lowest BCUT2D eigenvalue weighted by molar-refractivity contribution is 0.128. The van der Waals surface area contributed by atoms with Crippen molar-refractivity contribution in [2.45, 2.75) is 37.7 Å². The highest BCUT2D eigenvalue weighted by molar-refractivity contribution is 7.89. The van der Waals surface area contributed by atoms with Crippen LogP contribution in [0.3, 0.4) is 0 Å². The molecule has 1 aliphatic rings. The number of ether oxygens (including phenoxy) is 1. The van der Waals surface area contributed by atoms with Crippen LogP contribution in [0.1, 0.15) is 24.2 Å². The number of rotatable bonds is 5. The molecule has 0 atom stereocenters. The van der Waals surface area contributed by atoms with Gasteiger partial charge in [0.15, 0.2) is 5.82 Å². The minimum atomic E-state index is -3.57. The SMILES string of the molecule is Cc1nn(C)c(C)c1S(=O)(=O)N1CCC(Oc2ccc(-n3cccn3)nn2)CC1. The first kappa shape index (κ1) is 19.5. The molecule has 154 valence electrons. The molecule has 0 N–H and O–H groups in total. The van der Waals surface area contributed by atoms with Crippen molar-refractivity contribution in [1.29, 1.82) is 0 Å². The fraction of sp³-hybridized carbons (Fsp3) is 0.444. The summed E-state index contributed by atoms with van der Waals surface area (Å²) in [7, 11) is -1.82. The molecule has 0 bridgehead atoms. The molecule has 0 spiro atoms. The zero-order valence-corrected chi connectivity index (χ0v) is 17.4. The van der Waals surface area contributed by atoms with E-state index in [4.69, 9.17) is 4.74 Å². The molecule has 4 heterocycles. The van der Waals surface area contributed by atoms with Crippen molar-refractivity contribution in [1.82, 2.24) is 34.1 Å². The normalized spacial score (nSPS) is 16.2. The molecule has 4 rings (SSSR count). The maximum atomic E-state index is 13.1. The molecule has 1 aliphatic heterocycles. The lowest BCUT2D eigenvalue weighted by atomic mass is 10.1. The van der Waals surface area contributed by atoms with E-state index in [0.717, 1.165) is 0 Å². The summed E-state index contributed by atoms with van der Waals surface area (Å²) in [5.74, 6) is 1.02. The van der Waals surface area contributed by atoms with E-state index in [1.54, 1.807) is 54.8 Å². The summed E-state index contributed by atoms with van der Waals surface area (Å²) in [6, 6.07) is 5.33. The molecule has 1 fully saturated rings. The van der Waals surface area contributed by atoms with E-state index in [0.29, 0.717) is 53.9 Å². The topological polar surface area (TPSA) is 108 Å². The lowest BCUT2D eigenvalue weighted by Crippen LogP contribution is -2.42. The van der Waals surface area contributed by atoms with Crippen LogP contribution in [-0.4, -0.2) is 61.7 Å². The van der Waals surface area contributed by atoms with Gasteiger partial charge in [-0.2, -0.15) is 14.5 Å². The molecular formula is C18H23N7O3S. The highest BCUT2D eigenvalue weighted by Crippen LogP contribution is 2.26. The Labute approximate surface area is 169 Å². The van der Waals surface area contributed by atoms with Crippen molar-refractivity contribution in [3.63, 3.8) is 0 Å². The van der Waals surface area contributed by atoms with Gasteiger partial charge in [-0.1, -0.05) is 0 Å². The Balaban J connectivity index is 1.39. The summed E-state index contributed by atoms with van der Waals surface area (Å²) in [4.78, 5) is 0.305. The number of hydrogen-bond donors (Lipinski definition) is 0. The Morgan fingerprint density at radius 1 is 1.14 bits per heavy atom. The minimum Gasteiger partial charge on any atom is -0.473 e. The first-order valence-corrected chi connectivity index (χ1v) is 10.8. The monoisotopic (exact) mass is 417 g/mol. The van der Waals surface area contributed by atoms with Gasteiger partial charge in [0.05, 0.1) is 11.4 Å². The predicted molar refractivity (Wildman–Crippen MR) is 104 cm³/mol. The van der Waals surface area contributed by atoms with Crippen LogP contribution in [0.5, 0.6) is 5.88 Å². The maximum absolute atomic E-state index is 13.1. The fourth-order valence-electron chi connectivity index (χ4n) is 3.52. The van der Waals surface area contributed by atoms with Gasteiger partial charge in [0.1, 0.15) is 11.0 Å². The van der Waals surface area contributed by atoms with Gasteiger partial charge in [-0.05, 0) is 38.8 Å². The average Bonchev–Trinajstić information content (AvgIpc) is 3.31. The average molecular weight is 417 g/mol. The van der Waals surface area contributed by atoms with Crippen LogP contribution in [0.25, 0.3) is 5.82 Å². The third kappa shape index (κ3) is 3.75. The number of nitrogens with zero attached hydrogens (tertiary/aromatic N) is 7. The standard InChI is InChI=1S/C18H23N7O3S/c1-13-18(14(2)23(3)22-13)29(26,27)24-11-7-15(8-12-24)28-17-6-5-16(20-21-17)25-10-4-9-19-25/h4-6,9-10,15H,7-8,11-12H2,1-3H3. The molecule has 11 heteroatoms. The highest BCUT2D eigenvalue weighted by atomic mass is 32.2. The van der Waals surface area contributed by atoms with Gasteiger partial charge >= 0.3 is 0 Å². The Morgan fingerprint density at radius 2 is 1.90 bits per heavy atom. The molecular weight excluding hydrogens is 394 g/mol.